The van der Waals surface area contributed by atoms with E-state index in [9.17, 15) is 19.8 Å². The van der Waals surface area contributed by atoms with Crippen LogP contribution in [0.3, 0.4) is 0 Å². The van der Waals surface area contributed by atoms with Crippen molar-refractivity contribution in [3.05, 3.63) is 24.3 Å². The van der Waals surface area contributed by atoms with E-state index in [1.54, 1.807) is 19.1 Å². The number of carbonyl (C=O) groups excluding carboxylic acids is 2. The van der Waals surface area contributed by atoms with Crippen molar-refractivity contribution >= 4 is 11.9 Å². The molecule has 7 nitrogen and oxygen atoms in total. The number of aliphatic hydroxyl groups is 3. The molecule has 4 atom stereocenters. The summed E-state index contributed by atoms with van der Waals surface area (Å²) in [6, 6.07) is 0. The molecule has 7 heteroatoms. The first kappa shape index (κ1) is 15.4. The average molecular weight is 272 g/mol. The monoisotopic (exact) mass is 272 g/mol. The summed E-state index contributed by atoms with van der Waals surface area (Å²) in [5.74, 6) is -1.86. The topological polar surface area (TPSA) is 113 Å². The second-order valence-electron chi connectivity index (χ2n) is 3.88. The van der Waals surface area contributed by atoms with E-state index in [-0.39, 0.29) is 0 Å². The van der Waals surface area contributed by atoms with E-state index in [1.807, 2.05) is 0 Å². The molecule has 1 aliphatic rings. The zero-order valence-corrected chi connectivity index (χ0v) is 10.3. The van der Waals surface area contributed by atoms with Gasteiger partial charge in [0.05, 0.1) is 6.61 Å². The normalized spacial score (nSPS) is 31.7. The second kappa shape index (κ2) is 7.03. The zero-order valence-electron chi connectivity index (χ0n) is 10.3. The van der Waals surface area contributed by atoms with Crippen LogP contribution in [0.2, 0.25) is 0 Å². The first-order valence-corrected chi connectivity index (χ1v) is 5.68. The van der Waals surface area contributed by atoms with Gasteiger partial charge in [-0.15, -0.1) is 0 Å². The smallest absolute Gasteiger partial charge is 0.350 e. The number of cyclic esters (lactones) is 1. The van der Waals surface area contributed by atoms with Gasteiger partial charge >= 0.3 is 11.9 Å². The molecule has 1 saturated heterocycles. The Morgan fingerprint density at radius 2 is 2.05 bits per heavy atom. The third-order valence-corrected chi connectivity index (χ3v) is 2.50. The zero-order chi connectivity index (χ0) is 14.4. The van der Waals surface area contributed by atoms with Gasteiger partial charge in [0.2, 0.25) is 6.10 Å². The van der Waals surface area contributed by atoms with Crippen molar-refractivity contribution in [2.45, 2.75) is 31.3 Å². The van der Waals surface area contributed by atoms with Crippen molar-refractivity contribution in [3.63, 3.8) is 0 Å². The van der Waals surface area contributed by atoms with Crippen LogP contribution in [0.5, 0.6) is 0 Å². The molecule has 0 amide bonds. The fraction of sp³-hybridized carbons (Fsp3) is 0.500. The van der Waals surface area contributed by atoms with Crippen LogP contribution >= 0.6 is 0 Å². The minimum absolute atomic E-state index is 0.633. The summed E-state index contributed by atoms with van der Waals surface area (Å²) in [4.78, 5) is 22.8. The Morgan fingerprint density at radius 3 is 2.63 bits per heavy atom. The van der Waals surface area contributed by atoms with E-state index in [0.29, 0.717) is 0 Å². The molecule has 106 valence electrons. The van der Waals surface area contributed by atoms with Crippen molar-refractivity contribution in [1.82, 2.24) is 0 Å². The van der Waals surface area contributed by atoms with Crippen molar-refractivity contribution in [2.24, 2.45) is 0 Å². The Bertz CT molecular complexity index is 388. The van der Waals surface area contributed by atoms with Crippen molar-refractivity contribution < 1.29 is 34.4 Å². The minimum atomic E-state index is -1.64. The van der Waals surface area contributed by atoms with Gasteiger partial charge < -0.3 is 24.8 Å². The molecular formula is C12H16O7. The molecule has 0 aromatic rings. The van der Waals surface area contributed by atoms with Gasteiger partial charge in [-0.1, -0.05) is 18.2 Å². The van der Waals surface area contributed by atoms with Crippen molar-refractivity contribution in [1.29, 1.82) is 0 Å². The van der Waals surface area contributed by atoms with Crippen molar-refractivity contribution in [3.8, 4) is 0 Å². The molecule has 0 aromatic heterocycles. The van der Waals surface area contributed by atoms with Crippen LogP contribution in [0.15, 0.2) is 24.3 Å². The molecule has 19 heavy (non-hydrogen) atoms. The predicted molar refractivity (Wildman–Crippen MR) is 62.8 cm³/mol. The van der Waals surface area contributed by atoms with Crippen LogP contribution in [-0.4, -0.2) is 58.3 Å². The Balaban J connectivity index is 2.67. The molecule has 0 spiro atoms. The molecule has 0 aromatic carbocycles. The maximum atomic E-state index is 11.5. The Hall–Kier alpha value is -1.70. The van der Waals surface area contributed by atoms with Crippen LogP contribution in [-0.2, 0) is 19.1 Å². The number of hydrogen-bond donors (Lipinski definition) is 3. The molecule has 1 rings (SSSR count). The standard InChI is InChI=1S/C12H16O7/c1-2-3-4-5-8(14)19-11-10(16)9(15)7(6-13)18-12(11)17/h2-5,7,9-11,13,15-16H,6H2,1H3/t7-,9-,10+,11-/m1/s1. The van der Waals surface area contributed by atoms with E-state index in [4.69, 9.17) is 9.84 Å². The minimum Gasteiger partial charge on any atom is -0.454 e. The van der Waals surface area contributed by atoms with Crippen LogP contribution in [0.1, 0.15) is 6.92 Å². The lowest BCUT2D eigenvalue weighted by atomic mass is 10.00. The first-order valence-electron chi connectivity index (χ1n) is 5.68. The molecule has 1 heterocycles. The SMILES string of the molecule is CC=CC=CC(=O)O[C@H]1C(=O)O[C@H](CO)[C@@H](O)[C@@H]1O. The summed E-state index contributed by atoms with van der Waals surface area (Å²) in [7, 11) is 0. The molecule has 0 aliphatic carbocycles. The lowest BCUT2D eigenvalue weighted by Crippen LogP contribution is -2.57. The van der Waals surface area contributed by atoms with Gasteiger partial charge in [0, 0.05) is 6.08 Å². The van der Waals surface area contributed by atoms with Gasteiger partial charge in [-0.2, -0.15) is 0 Å². The Kier molecular flexibility index (Phi) is 5.68. The molecule has 0 saturated carbocycles. The van der Waals surface area contributed by atoms with Gasteiger partial charge in [-0.25, -0.2) is 9.59 Å². The third-order valence-electron chi connectivity index (χ3n) is 2.50. The quantitative estimate of drug-likeness (QED) is 0.330. The molecule has 0 radical (unpaired) electrons. The summed E-state index contributed by atoms with van der Waals surface area (Å²) >= 11 is 0. The van der Waals surface area contributed by atoms with E-state index < -0.39 is 43.0 Å². The van der Waals surface area contributed by atoms with Crippen LogP contribution in [0.25, 0.3) is 0 Å². The number of ether oxygens (including phenoxy) is 2. The fourth-order valence-electron chi connectivity index (χ4n) is 1.50. The van der Waals surface area contributed by atoms with E-state index in [1.165, 1.54) is 6.08 Å². The summed E-state index contributed by atoms with van der Waals surface area (Å²) in [6.45, 7) is 1.12. The molecule has 1 aliphatic heterocycles. The fourth-order valence-corrected chi connectivity index (χ4v) is 1.50. The van der Waals surface area contributed by atoms with Crippen molar-refractivity contribution in [2.75, 3.05) is 6.61 Å². The highest BCUT2D eigenvalue weighted by atomic mass is 16.6. The highest BCUT2D eigenvalue weighted by Crippen LogP contribution is 2.19. The molecule has 1 fully saturated rings. The average Bonchev–Trinajstić information content (AvgIpc) is 2.39. The number of carbonyl (C=O) groups is 2. The van der Waals surface area contributed by atoms with Gasteiger partial charge in [0.15, 0.2) is 6.10 Å². The maximum Gasteiger partial charge on any atom is 0.350 e. The Morgan fingerprint density at radius 1 is 1.37 bits per heavy atom. The second-order valence-corrected chi connectivity index (χ2v) is 3.88. The largest absolute Gasteiger partial charge is 0.454 e. The molecule has 0 unspecified atom stereocenters. The third kappa shape index (κ3) is 3.88. The number of allylic oxidation sites excluding steroid dienone is 3. The van der Waals surface area contributed by atoms with Crippen LogP contribution < -0.4 is 0 Å². The number of rotatable bonds is 4. The van der Waals surface area contributed by atoms with E-state index in [0.717, 1.165) is 6.08 Å². The lowest BCUT2D eigenvalue weighted by molar-refractivity contribution is -0.213. The van der Waals surface area contributed by atoms with E-state index >= 15 is 0 Å². The summed E-state index contributed by atoms with van der Waals surface area (Å²) in [6.07, 6.45) is -0.272. The number of aliphatic hydroxyl groups excluding tert-OH is 3. The first-order chi connectivity index (χ1) is 9.01. The van der Waals surface area contributed by atoms with Gasteiger partial charge in [0.25, 0.3) is 0 Å². The predicted octanol–water partition coefficient (Wildman–Crippen LogP) is -1.33. The molecule has 0 bridgehead atoms. The van der Waals surface area contributed by atoms with Crippen LogP contribution in [0, 0.1) is 0 Å². The van der Waals surface area contributed by atoms with Crippen LogP contribution in [0.4, 0.5) is 0 Å². The van der Waals surface area contributed by atoms with Gasteiger partial charge in [0.1, 0.15) is 12.2 Å². The number of esters is 2. The lowest BCUT2D eigenvalue weighted by Gasteiger charge is -2.34. The van der Waals surface area contributed by atoms with Gasteiger partial charge in [-0.05, 0) is 6.92 Å². The highest BCUT2D eigenvalue weighted by Gasteiger charge is 2.46. The van der Waals surface area contributed by atoms with E-state index in [2.05, 4.69) is 4.74 Å². The Labute approximate surface area is 109 Å². The summed E-state index contributed by atoms with van der Waals surface area (Å²) < 4.78 is 9.34. The number of hydrogen-bond acceptors (Lipinski definition) is 7. The highest BCUT2D eigenvalue weighted by molar-refractivity contribution is 5.86. The molecular weight excluding hydrogens is 256 g/mol. The molecule has 3 N–H and O–H groups in total. The van der Waals surface area contributed by atoms with Gasteiger partial charge in [-0.3, -0.25) is 0 Å². The maximum absolute atomic E-state index is 11.5. The summed E-state index contributed by atoms with van der Waals surface area (Å²) in [5, 5.41) is 28.0. The summed E-state index contributed by atoms with van der Waals surface area (Å²) in [5.41, 5.74) is 0.